The van der Waals surface area contributed by atoms with E-state index in [1.54, 1.807) is 23.5 Å². The number of benzene rings is 2. The third-order valence-corrected chi connectivity index (χ3v) is 4.96. The third-order valence-electron chi connectivity index (χ3n) is 2.84. The minimum Gasteiger partial charge on any atom is -0.354 e. The Morgan fingerprint density at radius 1 is 1.00 bits per heavy atom. The summed E-state index contributed by atoms with van der Waals surface area (Å²) in [4.78, 5) is 14.4. The molecule has 0 aliphatic carbocycles. The van der Waals surface area contributed by atoms with Crippen LogP contribution in [0.15, 0.2) is 70.5 Å². The highest BCUT2D eigenvalue weighted by molar-refractivity contribution is 8.00. The monoisotopic (exact) mass is 317 g/mol. The molecule has 2 aromatic rings. The van der Waals surface area contributed by atoms with Gasteiger partial charge < -0.3 is 5.32 Å². The van der Waals surface area contributed by atoms with Gasteiger partial charge in [0.1, 0.15) is 0 Å². The molecule has 0 aliphatic heterocycles. The SMILES string of the molecule is C[C@H](Sc1ccccc1)C(=O)NCCSc1ccccc1. The van der Waals surface area contributed by atoms with Crippen molar-refractivity contribution >= 4 is 29.4 Å². The van der Waals surface area contributed by atoms with Crippen LogP contribution in [0, 0.1) is 0 Å². The van der Waals surface area contributed by atoms with E-state index in [4.69, 9.17) is 0 Å². The Morgan fingerprint density at radius 2 is 1.57 bits per heavy atom. The summed E-state index contributed by atoms with van der Waals surface area (Å²) < 4.78 is 0. The number of carbonyl (C=O) groups is 1. The molecular weight excluding hydrogens is 298 g/mol. The number of thioether (sulfide) groups is 2. The van der Waals surface area contributed by atoms with Crippen LogP contribution < -0.4 is 5.32 Å². The number of nitrogens with one attached hydrogen (secondary N) is 1. The second-order valence-corrected chi connectivity index (χ2v) is 7.11. The lowest BCUT2D eigenvalue weighted by Crippen LogP contribution is -2.32. The van der Waals surface area contributed by atoms with E-state index in [9.17, 15) is 4.79 Å². The first-order valence-corrected chi connectivity index (χ1v) is 8.79. The molecule has 2 rings (SSSR count). The summed E-state index contributed by atoms with van der Waals surface area (Å²) in [5, 5.41) is 2.92. The van der Waals surface area contributed by atoms with Crippen molar-refractivity contribution in [1.29, 1.82) is 0 Å². The van der Waals surface area contributed by atoms with E-state index in [-0.39, 0.29) is 11.2 Å². The van der Waals surface area contributed by atoms with E-state index in [1.165, 1.54) is 4.90 Å². The molecule has 1 N–H and O–H groups in total. The number of carbonyl (C=O) groups excluding carboxylic acids is 1. The van der Waals surface area contributed by atoms with Crippen LogP contribution in [0.1, 0.15) is 6.92 Å². The zero-order valence-electron chi connectivity index (χ0n) is 12.0. The third kappa shape index (κ3) is 5.86. The van der Waals surface area contributed by atoms with Crippen LogP contribution in [-0.4, -0.2) is 23.5 Å². The van der Waals surface area contributed by atoms with Crippen molar-refractivity contribution in [1.82, 2.24) is 5.32 Å². The molecule has 110 valence electrons. The minimum atomic E-state index is -0.0749. The Bertz CT molecular complexity index is 545. The van der Waals surface area contributed by atoms with E-state index >= 15 is 0 Å². The van der Waals surface area contributed by atoms with Crippen LogP contribution >= 0.6 is 23.5 Å². The highest BCUT2D eigenvalue weighted by Crippen LogP contribution is 2.22. The lowest BCUT2D eigenvalue weighted by atomic mass is 10.4. The summed E-state index contributed by atoms with van der Waals surface area (Å²) in [5.74, 6) is 0.982. The van der Waals surface area contributed by atoms with Crippen LogP contribution in [-0.2, 0) is 4.79 Å². The largest absolute Gasteiger partial charge is 0.354 e. The Labute approximate surface area is 134 Å². The molecule has 0 radical (unpaired) electrons. The van der Waals surface area contributed by atoms with Gasteiger partial charge in [0.15, 0.2) is 0 Å². The molecular formula is C17H19NOS2. The van der Waals surface area contributed by atoms with E-state index in [2.05, 4.69) is 17.4 Å². The average molecular weight is 317 g/mol. The van der Waals surface area contributed by atoms with Crippen molar-refractivity contribution in [3.8, 4) is 0 Å². The molecule has 21 heavy (non-hydrogen) atoms. The summed E-state index contributed by atoms with van der Waals surface area (Å²) in [6.45, 7) is 2.63. The number of hydrogen-bond donors (Lipinski definition) is 1. The van der Waals surface area contributed by atoms with Gasteiger partial charge in [-0.2, -0.15) is 0 Å². The highest BCUT2D eigenvalue weighted by atomic mass is 32.2. The van der Waals surface area contributed by atoms with E-state index in [0.29, 0.717) is 6.54 Å². The molecule has 0 heterocycles. The van der Waals surface area contributed by atoms with Gasteiger partial charge in [-0.25, -0.2) is 0 Å². The minimum absolute atomic E-state index is 0.0749. The van der Waals surface area contributed by atoms with Gasteiger partial charge >= 0.3 is 0 Å². The maximum absolute atomic E-state index is 12.0. The zero-order chi connectivity index (χ0) is 14.9. The number of rotatable bonds is 7. The summed E-state index contributed by atoms with van der Waals surface area (Å²) >= 11 is 3.34. The summed E-state index contributed by atoms with van der Waals surface area (Å²) in [7, 11) is 0. The maximum Gasteiger partial charge on any atom is 0.233 e. The maximum atomic E-state index is 12.0. The van der Waals surface area contributed by atoms with Gasteiger partial charge in [-0.15, -0.1) is 23.5 Å². The molecule has 0 saturated heterocycles. The molecule has 4 heteroatoms. The van der Waals surface area contributed by atoms with Crippen molar-refractivity contribution in [2.24, 2.45) is 0 Å². The Kier molecular flexibility index (Phi) is 6.70. The predicted octanol–water partition coefficient (Wildman–Crippen LogP) is 4.08. The Hall–Kier alpha value is -1.39. The number of amides is 1. The predicted molar refractivity (Wildman–Crippen MR) is 91.9 cm³/mol. The summed E-state index contributed by atoms with van der Waals surface area (Å²) in [5.41, 5.74) is 0. The fourth-order valence-corrected chi connectivity index (χ4v) is 3.46. The molecule has 0 saturated carbocycles. The van der Waals surface area contributed by atoms with E-state index in [0.717, 1.165) is 10.6 Å². The Morgan fingerprint density at radius 3 is 2.19 bits per heavy atom. The van der Waals surface area contributed by atoms with Crippen LogP contribution in [0.3, 0.4) is 0 Å². The first-order valence-electron chi connectivity index (χ1n) is 6.93. The highest BCUT2D eigenvalue weighted by Gasteiger charge is 2.13. The fraction of sp³-hybridized carbons (Fsp3) is 0.235. The molecule has 0 spiro atoms. The normalized spacial score (nSPS) is 11.9. The smallest absolute Gasteiger partial charge is 0.233 e. The lowest BCUT2D eigenvalue weighted by molar-refractivity contribution is -0.120. The second-order valence-electron chi connectivity index (χ2n) is 4.53. The van der Waals surface area contributed by atoms with Crippen molar-refractivity contribution in [3.05, 3.63) is 60.7 Å². The van der Waals surface area contributed by atoms with Crippen molar-refractivity contribution in [3.63, 3.8) is 0 Å². The van der Waals surface area contributed by atoms with Crippen molar-refractivity contribution in [2.45, 2.75) is 22.0 Å². The molecule has 2 nitrogen and oxygen atoms in total. The molecule has 0 fully saturated rings. The van der Waals surface area contributed by atoms with Crippen molar-refractivity contribution < 1.29 is 4.79 Å². The molecule has 0 unspecified atom stereocenters. The lowest BCUT2D eigenvalue weighted by Gasteiger charge is -2.11. The molecule has 1 atom stereocenters. The van der Waals surface area contributed by atoms with Crippen LogP contribution in [0.5, 0.6) is 0 Å². The molecule has 0 aliphatic rings. The average Bonchev–Trinajstić information content (AvgIpc) is 2.53. The second kappa shape index (κ2) is 8.80. The topological polar surface area (TPSA) is 29.1 Å². The van der Waals surface area contributed by atoms with Gasteiger partial charge in [0.25, 0.3) is 0 Å². The van der Waals surface area contributed by atoms with Gasteiger partial charge in [0.2, 0.25) is 5.91 Å². The van der Waals surface area contributed by atoms with Crippen LogP contribution in [0.4, 0.5) is 0 Å². The van der Waals surface area contributed by atoms with Gasteiger partial charge in [-0.05, 0) is 31.2 Å². The standard InChI is InChI=1S/C17H19NOS2/c1-14(21-16-10-6-3-7-11-16)17(19)18-12-13-20-15-8-4-2-5-9-15/h2-11,14H,12-13H2,1H3,(H,18,19)/t14-/m0/s1. The first kappa shape index (κ1) is 16.0. The van der Waals surface area contributed by atoms with Gasteiger partial charge in [0.05, 0.1) is 5.25 Å². The zero-order valence-corrected chi connectivity index (χ0v) is 13.6. The molecule has 0 aromatic heterocycles. The Balaban J connectivity index is 1.67. The number of hydrogen-bond acceptors (Lipinski definition) is 3. The fourth-order valence-electron chi connectivity index (χ4n) is 1.76. The van der Waals surface area contributed by atoms with Crippen LogP contribution in [0.2, 0.25) is 0 Å². The van der Waals surface area contributed by atoms with E-state index < -0.39 is 0 Å². The van der Waals surface area contributed by atoms with Gasteiger partial charge in [0, 0.05) is 22.1 Å². The van der Waals surface area contributed by atoms with Crippen LogP contribution in [0.25, 0.3) is 0 Å². The molecule has 1 amide bonds. The molecule has 2 aromatic carbocycles. The first-order chi connectivity index (χ1) is 10.3. The van der Waals surface area contributed by atoms with Gasteiger partial charge in [-0.3, -0.25) is 4.79 Å². The summed E-state index contributed by atoms with van der Waals surface area (Å²) in [6.07, 6.45) is 0. The summed E-state index contributed by atoms with van der Waals surface area (Å²) in [6, 6.07) is 20.2. The van der Waals surface area contributed by atoms with E-state index in [1.807, 2.05) is 55.5 Å². The van der Waals surface area contributed by atoms with Crippen molar-refractivity contribution in [2.75, 3.05) is 12.3 Å². The molecule has 0 bridgehead atoms. The quantitative estimate of drug-likeness (QED) is 0.616. The van der Waals surface area contributed by atoms with Gasteiger partial charge in [-0.1, -0.05) is 36.4 Å².